The molecule has 6 nitrogen and oxygen atoms in total. The Hall–Kier alpha value is -3.36. The lowest BCUT2D eigenvalue weighted by molar-refractivity contribution is 0.0549. The summed E-state index contributed by atoms with van der Waals surface area (Å²) in [6.45, 7) is 4.79. The number of anilines is 1. The molecule has 1 aliphatic heterocycles. The molecule has 2 aromatic carbocycles. The van der Waals surface area contributed by atoms with Crippen LogP contribution in [0.5, 0.6) is 0 Å². The highest BCUT2D eigenvalue weighted by Crippen LogP contribution is 2.42. The molecule has 0 radical (unpaired) electrons. The molecule has 0 aliphatic carbocycles. The normalized spacial score (nSPS) is 16.0. The molecule has 0 saturated heterocycles. The number of benzene rings is 2. The number of nitrogens with zero attached hydrogens (tertiary/aromatic N) is 1. The Morgan fingerprint density at radius 1 is 1.06 bits per heavy atom. The van der Waals surface area contributed by atoms with Gasteiger partial charge in [0, 0.05) is 18.1 Å². The number of carbonyl (C=O) groups excluding carboxylic acids is 3. The molecule has 1 aliphatic rings. The highest BCUT2D eigenvalue weighted by molar-refractivity contribution is 6.14. The number of hydrogen-bond acceptors (Lipinski definition) is 5. The fourth-order valence-corrected chi connectivity index (χ4v) is 3.44. The van der Waals surface area contributed by atoms with Crippen molar-refractivity contribution in [2.75, 3.05) is 12.0 Å². The number of halogens is 3. The first kappa shape index (κ1) is 22.3. The van der Waals surface area contributed by atoms with Gasteiger partial charge in [-0.05, 0) is 39.0 Å². The Balaban J connectivity index is 2.26. The number of ketones is 1. The van der Waals surface area contributed by atoms with Crippen molar-refractivity contribution in [1.29, 1.82) is 0 Å². The molecule has 0 spiro atoms. The number of carbonyl (C=O) groups is 3. The van der Waals surface area contributed by atoms with Crippen molar-refractivity contribution in [1.82, 2.24) is 0 Å². The van der Waals surface area contributed by atoms with Crippen LogP contribution in [0.25, 0.3) is 0 Å². The summed E-state index contributed by atoms with van der Waals surface area (Å²) in [5.74, 6) is -4.35. The molecule has 0 aromatic heterocycles. The maximum atomic E-state index is 14.6. The van der Waals surface area contributed by atoms with Crippen LogP contribution in [0.1, 0.15) is 59.5 Å². The summed E-state index contributed by atoms with van der Waals surface area (Å²) in [5.41, 5.74) is -2.00. The van der Waals surface area contributed by atoms with E-state index in [1.807, 2.05) is 0 Å². The van der Waals surface area contributed by atoms with Crippen LogP contribution in [0.15, 0.2) is 30.3 Å². The highest BCUT2D eigenvalue weighted by atomic mass is 19.1. The average molecular weight is 435 g/mol. The smallest absolute Gasteiger partial charge is 0.415 e. The van der Waals surface area contributed by atoms with E-state index in [2.05, 4.69) is 4.74 Å². The Bertz CT molecular complexity index is 1080. The SMILES string of the molecule is COC(=O)c1cc(F)cc2c1C(=O)CC(c1ccc(F)cc1F)N2C(=O)OC(C)(C)C. The van der Waals surface area contributed by atoms with Gasteiger partial charge in [-0.2, -0.15) is 0 Å². The lowest BCUT2D eigenvalue weighted by atomic mass is 9.87. The second-order valence-electron chi connectivity index (χ2n) is 8.00. The predicted octanol–water partition coefficient (Wildman–Crippen LogP) is 4.96. The summed E-state index contributed by atoms with van der Waals surface area (Å²) in [6, 6.07) is 3.17. The first-order valence-corrected chi connectivity index (χ1v) is 9.35. The topological polar surface area (TPSA) is 72.9 Å². The van der Waals surface area contributed by atoms with E-state index in [4.69, 9.17) is 4.74 Å². The van der Waals surface area contributed by atoms with Gasteiger partial charge >= 0.3 is 12.1 Å². The van der Waals surface area contributed by atoms with E-state index in [1.54, 1.807) is 20.8 Å². The molecule has 0 fully saturated rings. The minimum atomic E-state index is -1.25. The highest BCUT2D eigenvalue weighted by Gasteiger charge is 2.42. The molecular formula is C22H20F3NO5. The van der Waals surface area contributed by atoms with Crippen LogP contribution in [0.4, 0.5) is 23.7 Å². The molecule has 1 atom stereocenters. The van der Waals surface area contributed by atoms with Crippen molar-refractivity contribution in [3.8, 4) is 0 Å². The van der Waals surface area contributed by atoms with Gasteiger partial charge in [0.2, 0.25) is 0 Å². The lowest BCUT2D eigenvalue weighted by Gasteiger charge is -2.38. The summed E-state index contributed by atoms with van der Waals surface area (Å²) in [7, 11) is 1.06. The zero-order valence-corrected chi connectivity index (χ0v) is 17.3. The monoisotopic (exact) mass is 435 g/mol. The number of esters is 1. The molecule has 164 valence electrons. The first-order chi connectivity index (χ1) is 14.4. The maximum absolute atomic E-state index is 14.6. The largest absolute Gasteiger partial charge is 0.465 e. The minimum absolute atomic E-state index is 0.157. The van der Waals surface area contributed by atoms with Crippen LogP contribution < -0.4 is 4.90 Å². The average Bonchev–Trinajstić information content (AvgIpc) is 2.64. The van der Waals surface area contributed by atoms with Gasteiger partial charge in [-0.15, -0.1) is 0 Å². The van der Waals surface area contributed by atoms with E-state index < -0.39 is 53.4 Å². The number of rotatable bonds is 2. The fourth-order valence-electron chi connectivity index (χ4n) is 3.44. The minimum Gasteiger partial charge on any atom is -0.465 e. The lowest BCUT2D eigenvalue weighted by Crippen LogP contribution is -2.44. The number of fused-ring (bicyclic) bond motifs is 1. The van der Waals surface area contributed by atoms with Gasteiger partial charge in [0.15, 0.2) is 5.78 Å². The van der Waals surface area contributed by atoms with E-state index in [-0.39, 0.29) is 22.4 Å². The molecule has 0 N–H and O–H groups in total. The van der Waals surface area contributed by atoms with Crippen LogP contribution >= 0.6 is 0 Å². The number of hydrogen-bond donors (Lipinski definition) is 0. The van der Waals surface area contributed by atoms with Crippen molar-refractivity contribution < 1.29 is 37.0 Å². The molecular weight excluding hydrogens is 415 g/mol. The molecule has 0 bridgehead atoms. The summed E-state index contributed by atoms with van der Waals surface area (Å²) >= 11 is 0. The number of amides is 1. The molecule has 2 aromatic rings. The van der Waals surface area contributed by atoms with E-state index in [9.17, 15) is 27.6 Å². The van der Waals surface area contributed by atoms with E-state index in [0.717, 1.165) is 36.3 Å². The Morgan fingerprint density at radius 3 is 2.32 bits per heavy atom. The van der Waals surface area contributed by atoms with Gasteiger partial charge in [0.05, 0.1) is 30.0 Å². The Morgan fingerprint density at radius 2 is 1.74 bits per heavy atom. The van der Waals surface area contributed by atoms with Crippen LogP contribution in [0.3, 0.4) is 0 Å². The second-order valence-corrected chi connectivity index (χ2v) is 8.00. The summed E-state index contributed by atoms with van der Waals surface area (Å²) < 4.78 is 52.4. The number of Topliss-reactive ketones (excluding diaryl/α,β-unsaturated/α-hetero) is 1. The van der Waals surface area contributed by atoms with E-state index in [1.165, 1.54) is 0 Å². The van der Waals surface area contributed by atoms with Gasteiger partial charge in [0.1, 0.15) is 23.1 Å². The molecule has 1 heterocycles. The third kappa shape index (κ3) is 4.40. The summed E-state index contributed by atoms with van der Waals surface area (Å²) in [4.78, 5) is 39.1. The van der Waals surface area contributed by atoms with Crippen LogP contribution in [0.2, 0.25) is 0 Å². The van der Waals surface area contributed by atoms with Crippen molar-refractivity contribution in [3.05, 3.63) is 64.5 Å². The third-order valence-electron chi connectivity index (χ3n) is 4.63. The first-order valence-electron chi connectivity index (χ1n) is 9.35. The molecule has 31 heavy (non-hydrogen) atoms. The maximum Gasteiger partial charge on any atom is 0.415 e. The van der Waals surface area contributed by atoms with Crippen LogP contribution in [0, 0.1) is 17.5 Å². The molecule has 1 unspecified atom stereocenters. The third-order valence-corrected chi connectivity index (χ3v) is 4.63. The van der Waals surface area contributed by atoms with E-state index in [0.29, 0.717) is 6.07 Å². The quantitative estimate of drug-likeness (QED) is 0.624. The van der Waals surface area contributed by atoms with Gasteiger partial charge in [-0.25, -0.2) is 22.8 Å². The van der Waals surface area contributed by atoms with Gasteiger partial charge < -0.3 is 9.47 Å². The van der Waals surface area contributed by atoms with Crippen molar-refractivity contribution in [3.63, 3.8) is 0 Å². The predicted molar refractivity (Wildman–Crippen MR) is 104 cm³/mol. The van der Waals surface area contributed by atoms with Crippen LogP contribution in [-0.2, 0) is 9.47 Å². The van der Waals surface area contributed by atoms with Crippen molar-refractivity contribution >= 4 is 23.5 Å². The van der Waals surface area contributed by atoms with Crippen molar-refractivity contribution in [2.45, 2.75) is 38.8 Å². The van der Waals surface area contributed by atoms with Gasteiger partial charge in [0.25, 0.3) is 0 Å². The Labute approximate surface area is 176 Å². The summed E-state index contributed by atoms with van der Waals surface area (Å²) in [6.07, 6.45) is -1.43. The van der Waals surface area contributed by atoms with Gasteiger partial charge in [-0.1, -0.05) is 6.07 Å². The molecule has 1 amide bonds. The molecule has 0 saturated carbocycles. The zero-order valence-electron chi connectivity index (χ0n) is 17.3. The van der Waals surface area contributed by atoms with Gasteiger partial charge in [-0.3, -0.25) is 9.69 Å². The van der Waals surface area contributed by atoms with Crippen LogP contribution in [-0.4, -0.2) is 30.6 Å². The second kappa shape index (κ2) is 8.05. The Kier molecular flexibility index (Phi) is 5.80. The zero-order chi connectivity index (χ0) is 23.1. The van der Waals surface area contributed by atoms with E-state index >= 15 is 0 Å². The fraction of sp³-hybridized carbons (Fsp3) is 0.318. The number of ether oxygens (including phenoxy) is 2. The number of methoxy groups -OCH3 is 1. The molecule has 3 rings (SSSR count). The van der Waals surface area contributed by atoms with Crippen molar-refractivity contribution in [2.24, 2.45) is 0 Å². The standard InChI is InChI=1S/C22H20F3NO5/c1-22(2,3)31-21(29)26-16(13-6-5-11(23)8-15(13)25)10-18(27)19-14(20(28)30-4)7-12(24)9-17(19)26/h5-9,16H,10H2,1-4H3. The molecule has 9 heteroatoms. The summed E-state index contributed by atoms with van der Waals surface area (Å²) in [5, 5.41) is 0.